The maximum absolute atomic E-state index is 9.43. The average molecular weight is 298 g/mol. The van der Waals surface area contributed by atoms with Crippen molar-refractivity contribution >= 4 is 21.6 Å². The molecule has 0 aromatic heterocycles. The van der Waals surface area contributed by atoms with Crippen LogP contribution in [-0.4, -0.2) is 23.8 Å². The van der Waals surface area contributed by atoms with Gasteiger partial charge in [-0.1, -0.05) is 15.9 Å². The third-order valence-electron chi connectivity index (χ3n) is 4.07. The first-order valence-corrected chi connectivity index (χ1v) is 6.90. The van der Waals surface area contributed by atoms with Gasteiger partial charge in [-0.15, -0.1) is 0 Å². The summed E-state index contributed by atoms with van der Waals surface area (Å²) >= 11 is 3.53. The summed E-state index contributed by atoms with van der Waals surface area (Å²) in [7, 11) is 0. The minimum Gasteiger partial charge on any atom is -0.396 e. The van der Waals surface area contributed by atoms with Crippen molar-refractivity contribution in [2.75, 3.05) is 18.1 Å². The molecule has 2 nitrogen and oxygen atoms in total. The van der Waals surface area contributed by atoms with Gasteiger partial charge < -0.3 is 10.0 Å². The van der Waals surface area contributed by atoms with Crippen molar-refractivity contribution in [2.24, 2.45) is 5.92 Å². The van der Waals surface area contributed by atoms with Crippen LogP contribution in [0, 0.1) is 12.8 Å². The van der Waals surface area contributed by atoms with Crippen molar-refractivity contribution in [3.05, 3.63) is 28.2 Å². The summed E-state index contributed by atoms with van der Waals surface area (Å²) in [6.45, 7) is 7.86. The van der Waals surface area contributed by atoms with E-state index in [2.05, 4.69) is 59.8 Å². The van der Waals surface area contributed by atoms with Gasteiger partial charge in [0.25, 0.3) is 0 Å². The maximum Gasteiger partial charge on any atom is 0.0482 e. The first-order chi connectivity index (χ1) is 7.96. The van der Waals surface area contributed by atoms with Gasteiger partial charge in [-0.25, -0.2) is 0 Å². The van der Waals surface area contributed by atoms with E-state index in [1.807, 2.05) is 0 Å². The van der Waals surface area contributed by atoms with Gasteiger partial charge in [0, 0.05) is 34.8 Å². The van der Waals surface area contributed by atoms with E-state index in [1.165, 1.54) is 11.3 Å². The number of benzene rings is 1. The van der Waals surface area contributed by atoms with Crippen molar-refractivity contribution in [1.29, 1.82) is 0 Å². The molecule has 94 valence electrons. The van der Waals surface area contributed by atoms with Gasteiger partial charge in [-0.05, 0) is 51.0 Å². The third kappa shape index (κ3) is 2.23. The lowest BCUT2D eigenvalue weighted by Gasteiger charge is -2.37. The molecule has 1 heterocycles. The molecule has 0 spiro atoms. The number of aliphatic hydroxyl groups is 1. The van der Waals surface area contributed by atoms with Crippen LogP contribution in [-0.2, 0) is 0 Å². The predicted octanol–water partition coefficient (Wildman–Crippen LogP) is 3.35. The van der Waals surface area contributed by atoms with E-state index in [-0.39, 0.29) is 12.1 Å². The second kappa shape index (κ2) is 4.62. The van der Waals surface area contributed by atoms with Crippen LogP contribution in [0.5, 0.6) is 0 Å². The van der Waals surface area contributed by atoms with Gasteiger partial charge in [0.05, 0.1) is 0 Å². The van der Waals surface area contributed by atoms with Gasteiger partial charge in [0.15, 0.2) is 0 Å². The van der Waals surface area contributed by atoms with Crippen LogP contribution < -0.4 is 4.90 Å². The number of hydrogen-bond acceptors (Lipinski definition) is 2. The molecule has 2 rings (SSSR count). The van der Waals surface area contributed by atoms with E-state index < -0.39 is 0 Å². The number of anilines is 1. The molecule has 0 bridgehead atoms. The molecule has 0 amide bonds. The molecule has 0 saturated carbocycles. The smallest absolute Gasteiger partial charge is 0.0482 e. The van der Waals surface area contributed by atoms with E-state index in [1.54, 1.807) is 0 Å². The normalized spacial score (nSPS) is 23.1. The van der Waals surface area contributed by atoms with Gasteiger partial charge >= 0.3 is 0 Å². The van der Waals surface area contributed by atoms with E-state index in [9.17, 15) is 5.11 Å². The highest BCUT2D eigenvalue weighted by molar-refractivity contribution is 9.10. The molecule has 17 heavy (non-hydrogen) atoms. The fourth-order valence-electron chi connectivity index (χ4n) is 2.72. The topological polar surface area (TPSA) is 23.5 Å². The Morgan fingerprint density at radius 2 is 2.18 bits per heavy atom. The van der Waals surface area contributed by atoms with E-state index in [0.717, 1.165) is 17.4 Å². The Bertz CT molecular complexity index is 417. The van der Waals surface area contributed by atoms with Gasteiger partial charge in [-0.3, -0.25) is 0 Å². The molecule has 0 aliphatic carbocycles. The van der Waals surface area contributed by atoms with Crippen LogP contribution in [0.15, 0.2) is 22.7 Å². The molecule has 1 atom stereocenters. The summed E-state index contributed by atoms with van der Waals surface area (Å²) in [5.74, 6) is 0.367. The number of hydrogen-bond donors (Lipinski definition) is 1. The first-order valence-electron chi connectivity index (χ1n) is 6.11. The van der Waals surface area contributed by atoms with Gasteiger partial charge in [0.1, 0.15) is 0 Å². The fraction of sp³-hybridized carbons (Fsp3) is 0.571. The lowest BCUT2D eigenvalue weighted by Crippen LogP contribution is -2.43. The molecule has 1 aromatic rings. The Hall–Kier alpha value is -0.540. The monoisotopic (exact) mass is 297 g/mol. The highest BCUT2D eigenvalue weighted by Crippen LogP contribution is 2.38. The maximum atomic E-state index is 9.43. The molecule has 1 aliphatic rings. The molecule has 1 fully saturated rings. The first kappa shape index (κ1) is 12.9. The molecule has 0 radical (unpaired) electrons. The minimum absolute atomic E-state index is 0.0367. The van der Waals surface area contributed by atoms with Crippen LogP contribution in [0.3, 0.4) is 0 Å². The zero-order valence-corrected chi connectivity index (χ0v) is 12.3. The Kier molecular flexibility index (Phi) is 3.50. The largest absolute Gasteiger partial charge is 0.396 e. The zero-order valence-electron chi connectivity index (χ0n) is 10.7. The highest BCUT2D eigenvalue weighted by Gasteiger charge is 2.40. The molecule has 3 heteroatoms. The van der Waals surface area contributed by atoms with Gasteiger partial charge in [-0.2, -0.15) is 0 Å². The minimum atomic E-state index is 0.0367. The summed E-state index contributed by atoms with van der Waals surface area (Å²) in [6.07, 6.45) is 1.07. The zero-order chi connectivity index (χ0) is 12.6. The molecule has 1 unspecified atom stereocenters. The van der Waals surface area contributed by atoms with Crippen molar-refractivity contribution in [3.8, 4) is 0 Å². The summed E-state index contributed by atoms with van der Waals surface area (Å²) in [5, 5.41) is 9.43. The lowest BCUT2D eigenvalue weighted by atomic mass is 9.89. The van der Waals surface area contributed by atoms with Gasteiger partial charge in [0.2, 0.25) is 0 Å². The van der Waals surface area contributed by atoms with Crippen molar-refractivity contribution in [2.45, 2.75) is 32.7 Å². The number of nitrogens with zero attached hydrogens (tertiary/aromatic N) is 1. The van der Waals surface area contributed by atoms with Crippen molar-refractivity contribution in [3.63, 3.8) is 0 Å². The quantitative estimate of drug-likeness (QED) is 0.905. The summed E-state index contributed by atoms with van der Waals surface area (Å²) < 4.78 is 1.15. The summed E-state index contributed by atoms with van der Waals surface area (Å²) in [5.41, 5.74) is 2.55. The van der Waals surface area contributed by atoms with Crippen LogP contribution in [0.25, 0.3) is 0 Å². The second-order valence-corrected chi connectivity index (χ2v) is 6.26. The Morgan fingerprint density at radius 1 is 1.47 bits per heavy atom. The standard InChI is InChI=1S/C14H20BrNO/c1-10-8-12(4-5-13(10)15)16-7-6-11(9-17)14(16,2)3/h4-5,8,11,17H,6-7,9H2,1-3H3. The predicted molar refractivity (Wildman–Crippen MR) is 75.5 cm³/mol. The highest BCUT2D eigenvalue weighted by atomic mass is 79.9. The van der Waals surface area contributed by atoms with Crippen molar-refractivity contribution < 1.29 is 5.11 Å². The number of aliphatic hydroxyl groups excluding tert-OH is 1. The average Bonchev–Trinajstić information content (AvgIpc) is 2.57. The van der Waals surface area contributed by atoms with Crippen LogP contribution in [0.2, 0.25) is 0 Å². The summed E-state index contributed by atoms with van der Waals surface area (Å²) in [6, 6.07) is 6.47. The second-order valence-electron chi connectivity index (χ2n) is 5.41. The molecule has 1 aromatic carbocycles. The van der Waals surface area contributed by atoms with E-state index >= 15 is 0 Å². The van der Waals surface area contributed by atoms with E-state index in [4.69, 9.17) is 0 Å². The lowest BCUT2D eigenvalue weighted by molar-refractivity contribution is 0.189. The van der Waals surface area contributed by atoms with Crippen molar-refractivity contribution in [1.82, 2.24) is 0 Å². The Labute approximate surface area is 112 Å². The third-order valence-corrected chi connectivity index (χ3v) is 4.96. The van der Waals surface area contributed by atoms with Crippen LogP contribution in [0.4, 0.5) is 5.69 Å². The number of aryl methyl sites for hydroxylation is 1. The van der Waals surface area contributed by atoms with E-state index in [0.29, 0.717) is 5.92 Å². The number of halogens is 1. The molecule has 1 saturated heterocycles. The Morgan fingerprint density at radius 3 is 2.71 bits per heavy atom. The number of rotatable bonds is 2. The molecular formula is C14H20BrNO. The molecule has 1 aliphatic heterocycles. The van der Waals surface area contributed by atoms with Crippen LogP contribution >= 0.6 is 15.9 Å². The molecular weight excluding hydrogens is 278 g/mol. The molecule has 1 N–H and O–H groups in total. The fourth-order valence-corrected chi connectivity index (χ4v) is 2.97. The summed E-state index contributed by atoms with van der Waals surface area (Å²) in [4.78, 5) is 2.41. The van der Waals surface area contributed by atoms with Crippen LogP contribution in [0.1, 0.15) is 25.8 Å². The Balaban J connectivity index is 2.32. The SMILES string of the molecule is Cc1cc(N2CCC(CO)C2(C)C)ccc1Br.